The minimum atomic E-state index is -3.23. The average molecular weight is 370 g/mol. The van der Waals surface area contributed by atoms with Crippen molar-refractivity contribution in [3.8, 4) is 11.5 Å². The van der Waals surface area contributed by atoms with E-state index in [1.54, 1.807) is 31.1 Å². The highest BCUT2D eigenvalue weighted by molar-refractivity contribution is 7.89. The van der Waals surface area contributed by atoms with Crippen LogP contribution in [0.1, 0.15) is 29.3 Å². The monoisotopic (exact) mass is 370 g/mol. The third-order valence-electron chi connectivity index (χ3n) is 4.46. The zero-order valence-electron chi connectivity index (χ0n) is 15.2. The molecule has 0 bridgehead atoms. The fourth-order valence-electron chi connectivity index (χ4n) is 2.94. The van der Waals surface area contributed by atoms with Gasteiger partial charge in [0.25, 0.3) is 5.91 Å². The number of methoxy groups -OCH3 is 2. The number of hydrogen-bond donors (Lipinski definition) is 0. The molecule has 1 aliphatic heterocycles. The van der Waals surface area contributed by atoms with Crippen LogP contribution < -0.4 is 9.47 Å². The van der Waals surface area contributed by atoms with Gasteiger partial charge >= 0.3 is 0 Å². The maximum absolute atomic E-state index is 12.9. The quantitative estimate of drug-likeness (QED) is 0.785. The Morgan fingerprint density at radius 3 is 2.32 bits per heavy atom. The Kier molecular flexibility index (Phi) is 6.29. The minimum absolute atomic E-state index is 0.0791. The van der Waals surface area contributed by atoms with E-state index in [2.05, 4.69) is 0 Å². The van der Waals surface area contributed by atoms with E-state index in [0.717, 1.165) is 5.56 Å². The highest BCUT2D eigenvalue weighted by atomic mass is 32.2. The van der Waals surface area contributed by atoms with E-state index >= 15 is 0 Å². The number of nitrogens with zero attached hydrogens (tertiary/aromatic N) is 2. The summed E-state index contributed by atoms with van der Waals surface area (Å²) in [6, 6.07) is 3.46. The van der Waals surface area contributed by atoms with Crippen LogP contribution in [-0.4, -0.2) is 69.7 Å². The maximum Gasteiger partial charge on any atom is 0.254 e. The van der Waals surface area contributed by atoms with Gasteiger partial charge in [0.15, 0.2) is 11.5 Å². The van der Waals surface area contributed by atoms with E-state index in [9.17, 15) is 13.2 Å². The van der Waals surface area contributed by atoms with E-state index in [4.69, 9.17) is 9.47 Å². The number of aryl methyl sites for hydroxylation is 1. The largest absolute Gasteiger partial charge is 0.493 e. The van der Waals surface area contributed by atoms with Crippen molar-refractivity contribution in [1.82, 2.24) is 9.21 Å². The Bertz CT molecular complexity index is 733. The predicted octanol–water partition coefficient (Wildman–Crippen LogP) is 1.51. The third kappa shape index (κ3) is 4.24. The Morgan fingerprint density at radius 1 is 1.08 bits per heavy atom. The zero-order chi connectivity index (χ0) is 18.6. The highest BCUT2D eigenvalue weighted by Gasteiger charge is 2.27. The summed E-state index contributed by atoms with van der Waals surface area (Å²) < 4.78 is 36.1. The summed E-state index contributed by atoms with van der Waals surface area (Å²) in [5, 5.41) is 0. The molecule has 0 aliphatic carbocycles. The number of hydrogen-bond acceptors (Lipinski definition) is 5. The number of carbonyl (C=O) groups excluding carboxylic acids is 1. The van der Waals surface area contributed by atoms with Gasteiger partial charge in [0.1, 0.15) is 0 Å². The molecule has 7 nitrogen and oxygen atoms in total. The molecular formula is C17H26N2O5S. The van der Waals surface area contributed by atoms with Crippen LogP contribution in [0.5, 0.6) is 11.5 Å². The van der Waals surface area contributed by atoms with Gasteiger partial charge in [0.05, 0.1) is 20.0 Å². The first kappa shape index (κ1) is 19.5. The van der Waals surface area contributed by atoms with Gasteiger partial charge in [0, 0.05) is 31.7 Å². The Morgan fingerprint density at radius 2 is 1.72 bits per heavy atom. The van der Waals surface area contributed by atoms with Crippen molar-refractivity contribution in [2.24, 2.45) is 0 Å². The van der Waals surface area contributed by atoms with Crippen molar-refractivity contribution in [3.05, 3.63) is 23.3 Å². The predicted molar refractivity (Wildman–Crippen MR) is 95.8 cm³/mol. The molecule has 1 heterocycles. The van der Waals surface area contributed by atoms with Gasteiger partial charge in [-0.2, -0.15) is 0 Å². The smallest absolute Gasteiger partial charge is 0.254 e. The fraction of sp³-hybridized carbons (Fsp3) is 0.588. The summed E-state index contributed by atoms with van der Waals surface area (Å²) in [6.45, 7) is 5.17. The highest BCUT2D eigenvalue weighted by Crippen LogP contribution is 2.31. The van der Waals surface area contributed by atoms with Crippen molar-refractivity contribution in [2.75, 3.05) is 46.2 Å². The van der Waals surface area contributed by atoms with E-state index < -0.39 is 10.0 Å². The van der Waals surface area contributed by atoms with Crippen LogP contribution in [0, 0.1) is 6.92 Å². The Balaban J connectivity index is 2.21. The standard InChI is InChI=1S/C17H26N2O5S/c1-5-25(21,22)19-8-6-7-18(9-10-19)17(20)14-12-16(24-4)15(23-3)11-13(14)2/h11-12H,5-10H2,1-4H3. The first-order valence-corrected chi connectivity index (χ1v) is 9.94. The molecule has 0 atom stereocenters. The molecule has 25 heavy (non-hydrogen) atoms. The van der Waals surface area contributed by atoms with Crippen LogP contribution in [0.3, 0.4) is 0 Å². The molecule has 0 unspecified atom stereocenters. The SMILES string of the molecule is CCS(=O)(=O)N1CCCN(C(=O)c2cc(OC)c(OC)cc2C)CC1. The molecule has 0 radical (unpaired) electrons. The van der Waals surface area contributed by atoms with Crippen LogP contribution >= 0.6 is 0 Å². The van der Waals surface area contributed by atoms with Crippen LogP contribution in [0.4, 0.5) is 0 Å². The van der Waals surface area contributed by atoms with Gasteiger partial charge < -0.3 is 14.4 Å². The van der Waals surface area contributed by atoms with Crippen molar-refractivity contribution in [2.45, 2.75) is 20.3 Å². The lowest BCUT2D eigenvalue weighted by Gasteiger charge is -2.23. The number of rotatable bonds is 5. The van der Waals surface area contributed by atoms with Crippen LogP contribution in [-0.2, 0) is 10.0 Å². The van der Waals surface area contributed by atoms with E-state index in [1.807, 2.05) is 6.92 Å². The number of ether oxygens (including phenoxy) is 2. The van der Waals surface area contributed by atoms with Crippen molar-refractivity contribution < 1.29 is 22.7 Å². The second-order valence-electron chi connectivity index (χ2n) is 5.97. The van der Waals surface area contributed by atoms with Crippen molar-refractivity contribution in [1.29, 1.82) is 0 Å². The molecule has 140 valence electrons. The van der Waals surface area contributed by atoms with Gasteiger partial charge in [-0.15, -0.1) is 0 Å². The Hall–Kier alpha value is -1.80. The molecule has 1 aromatic carbocycles. The van der Waals surface area contributed by atoms with Gasteiger partial charge in [-0.3, -0.25) is 4.79 Å². The van der Waals surface area contributed by atoms with Crippen molar-refractivity contribution >= 4 is 15.9 Å². The summed E-state index contributed by atoms with van der Waals surface area (Å²) in [4.78, 5) is 14.6. The molecule has 0 N–H and O–H groups in total. The topological polar surface area (TPSA) is 76.2 Å². The summed E-state index contributed by atoms with van der Waals surface area (Å²) in [5.74, 6) is 1.04. The number of benzene rings is 1. The third-order valence-corrected chi connectivity index (χ3v) is 6.34. The summed E-state index contributed by atoms with van der Waals surface area (Å²) >= 11 is 0. The van der Waals surface area contributed by atoms with E-state index in [1.165, 1.54) is 11.4 Å². The molecule has 0 aromatic heterocycles. The minimum Gasteiger partial charge on any atom is -0.493 e. The summed E-state index contributed by atoms with van der Waals surface area (Å²) in [6.07, 6.45) is 0.622. The molecule has 0 saturated carbocycles. The average Bonchev–Trinajstić information content (AvgIpc) is 2.87. The lowest BCUT2D eigenvalue weighted by Crippen LogP contribution is -2.38. The normalized spacial score (nSPS) is 16.4. The molecule has 1 amide bonds. The number of sulfonamides is 1. The lowest BCUT2D eigenvalue weighted by molar-refractivity contribution is 0.0763. The van der Waals surface area contributed by atoms with Crippen LogP contribution in [0.25, 0.3) is 0 Å². The van der Waals surface area contributed by atoms with Crippen LogP contribution in [0.2, 0.25) is 0 Å². The van der Waals surface area contributed by atoms with E-state index in [0.29, 0.717) is 49.7 Å². The molecule has 2 rings (SSSR count). The molecule has 1 fully saturated rings. The van der Waals surface area contributed by atoms with Gasteiger partial charge in [-0.25, -0.2) is 12.7 Å². The Labute approximate surface area is 149 Å². The lowest BCUT2D eigenvalue weighted by atomic mass is 10.1. The zero-order valence-corrected chi connectivity index (χ0v) is 16.1. The fourth-order valence-corrected chi connectivity index (χ4v) is 4.07. The molecule has 0 spiro atoms. The van der Waals surface area contributed by atoms with Gasteiger partial charge in [0.2, 0.25) is 10.0 Å². The number of carbonyl (C=O) groups is 1. The molecule has 1 aliphatic rings. The summed E-state index contributed by atoms with van der Waals surface area (Å²) in [5.41, 5.74) is 1.34. The maximum atomic E-state index is 12.9. The first-order valence-electron chi connectivity index (χ1n) is 8.33. The second kappa shape index (κ2) is 8.05. The molecule has 1 aromatic rings. The van der Waals surface area contributed by atoms with Gasteiger partial charge in [-0.1, -0.05) is 0 Å². The summed E-state index contributed by atoms with van der Waals surface area (Å²) in [7, 11) is -0.147. The molecule has 8 heteroatoms. The van der Waals surface area contributed by atoms with E-state index in [-0.39, 0.29) is 11.7 Å². The second-order valence-corrected chi connectivity index (χ2v) is 8.23. The first-order chi connectivity index (χ1) is 11.8. The number of amides is 1. The molecule has 1 saturated heterocycles. The van der Waals surface area contributed by atoms with Crippen LogP contribution in [0.15, 0.2) is 12.1 Å². The van der Waals surface area contributed by atoms with Gasteiger partial charge in [-0.05, 0) is 38.0 Å². The van der Waals surface area contributed by atoms with Crippen molar-refractivity contribution in [3.63, 3.8) is 0 Å². The molecular weight excluding hydrogens is 344 g/mol.